The van der Waals surface area contributed by atoms with Crippen LogP contribution in [0.2, 0.25) is 0 Å². The van der Waals surface area contributed by atoms with E-state index >= 15 is 0 Å². The van der Waals surface area contributed by atoms with E-state index in [1.54, 1.807) is 0 Å². The summed E-state index contributed by atoms with van der Waals surface area (Å²) in [6.07, 6.45) is 2.62. The smallest absolute Gasteiger partial charge is 0.0806 e. The normalized spacial score (nSPS) is 28.7. The van der Waals surface area contributed by atoms with Gasteiger partial charge in [0.25, 0.3) is 0 Å². The first kappa shape index (κ1) is 11.9. The molecular weight excluding hydrogens is 184 g/mol. The average Bonchev–Trinajstić information content (AvgIpc) is 2.27. The van der Waals surface area contributed by atoms with Gasteiger partial charge in [0.1, 0.15) is 0 Å². The van der Waals surface area contributed by atoms with Gasteiger partial charge < -0.3 is 20.4 Å². The molecule has 0 heterocycles. The quantitative estimate of drug-likeness (QED) is 0.498. The highest BCUT2D eigenvalue weighted by molar-refractivity contribution is 4.92. The van der Waals surface area contributed by atoms with Crippen LogP contribution in [-0.4, -0.2) is 46.4 Å². The Balaban J connectivity index is 2.76. The van der Waals surface area contributed by atoms with Crippen molar-refractivity contribution in [3.8, 4) is 0 Å². The van der Waals surface area contributed by atoms with Crippen molar-refractivity contribution in [2.75, 3.05) is 19.8 Å². The van der Waals surface area contributed by atoms with Crippen LogP contribution in [-0.2, 0) is 0 Å². The molecule has 1 fully saturated rings. The number of hydrogen-bond acceptors (Lipinski definition) is 4. The Morgan fingerprint density at radius 3 is 2.29 bits per heavy atom. The number of rotatable bonds is 4. The molecule has 4 heteroatoms. The van der Waals surface area contributed by atoms with E-state index in [1.165, 1.54) is 0 Å². The minimum absolute atomic E-state index is 0.120. The lowest BCUT2D eigenvalue weighted by molar-refractivity contribution is -0.0889. The summed E-state index contributed by atoms with van der Waals surface area (Å²) in [7, 11) is 0. The van der Waals surface area contributed by atoms with Crippen molar-refractivity contribution in [2.24, 2.45) is 11.3 Å². The van der Waals surface area contributed by atoms with E-state index in [-0.39, 0.29) is 25.7 Å². The van der Waals surface area contributed by atoms with Crippen molar-refractivity contribution in [1.82, 2.24) is 0 Å². The minimum Gasteiger partial charge on any atom is -0.396 e. The topological polar surface area (TPSA) is 80.9 Å². The van der Waals surface area contributed by atoms with Gasteiger partial charge in [-0.05, 0) is 18.8 Å². The fourth-order valence-corrected chi connectivity index (χ4v) is 2.50. The molecule has 0 aromatic heterocycles. The number of hydrogen-bond donors (Lipinski definition) is 4. The van der Waals surface area contributed by atoms with Gasteiger partial charge in [-0.15, -0.1) is 0 Å². The molecule has 2 atom stereocenters. The van der Waals surface area contributed by atoms with Gasteiger partial charge in [-0.1, -0.05) is 12.8 Å². The van der Waals surface area contributed by atoms with E-state index in [9.17, 15) is 15.3 Å². The SMILES string of the molecule is OCC(O)C1CCCCC1(CO)CO. The Kier molecular flexibility index (Phi) is 4.31. The lowest BCUT2D eigenvalue weighted by atomic mass is 9.65. The van der Waals surface area contributed by atoms with Crippen molar-refractivity contribution in [3.05, 3.63) is 0 Å². The van der Waals surface area contributed by atoms with Gasteiger partial charge >= 0.3 is 0 Å². The fraction of sp³-hybridized carbons (Fsp3) is 1.00. The summed E-state index contributed by atoms with van der Waals surface area (Å²) in [5.74, 6) is -0.184. The zero-order valence-corrected chi connectivity index (χ0v) is 8.39. The molecular formula is C10H20O4. The van der Waals surface area contributed by atoms with Gasteiger partial charge in [-0.2, -0.15) is 0 Å². The molecule has 1 saturated carbocycles. The monoisotopic (exact) mass is 204 g/mol. The second kappa shape index (κ2) is 5.07. The summed E-state index contributed by atoms with van der Waals surface area (Å²) >= 11 is 0. The van der Waals surface area contributed by atoms with Gasteiger partial charge in [-0.25, -0.2) is 0 Å². The molecule has 0 amide bonds. The van der Waals surface area contributed by atoms with Crippen molar-refractivity contribution in [2.45, 2.75) is 31.8 Å². The maximum absolute atomic E-state index is 9.61. The van der Waals surface area contributed by atoms with Crippen LogP contribution in [0.4, 0.5) is 0 Å². The molecule has 1 aliphatic rings. The molecule has 14 heavy (non-hydrogen) atoms. The van der Waals surface area contributed by atoms with E-state index in [0.29, 0.717) is 0 Å². The number of aliphatic hydroxyl groups is 4. The Morgan fingerprint density at radius 1 is 1.14 bits per heavy atom. The first-order valence-electron chi connectivity index (χ1n) is 5.21. The Hall–Kier alpha value is -0.160. The van der Waals surface area contributed by atoms with Gasteiger partial charge in [0.15, 0.2) is 0 Å². The second-order valence-electron chi connectivity index (χ2n) is 4.28. The highest BCUT2D eigenvalue weighted by Gasteiger charge is 2.43. The molecule has 4 N–H and O–H groups in total. The predicted octanol–water partition coefficient (Wildman–Crippen LogP) is -0.499. The highest BCUT2D eigenvalue weighted by Crippen LogP contribution is 2.42. The first-order chi connectivity index (χ1) is 6.70. The average molecular weight is 204 g/mol. The second-order valence-corrected chi connectivity index (χ2v) is 4.28. The largest absolute Gasteiger partial charge is 0.396 e. The molecule has 0 radical (unpaired) electrons. The van der Waals surface area contributed by atoms with Gasteiger partial charge in [0, 0.05) is 5.41 Å². The molecule has 1 rings (SSSR count). The summed E-state index contributed by atoms with van der Waals surface area (Å²) in [5, 5.41) is 37.1. The maximum atomic E-state index is 9.61. The Bertz CT molecular complexity index is 168. The Morgan fingerprint density at radius 2 is 1.79 bits per heavy atom. The highest BCUT2D eigenvalue weighted by atomic mass is 16.3. The molecule has 0 aliphatic heterocycles. The molecule has 0 bridgehead atoms. The Labute approximate surface area is 84.2 Å². The van der Waals surface area contributed by atoms with Gasteiger partial charge in [-0.3, -0.25) is 0 Å². The van der Waals surface area contributed by atoms with E-state index in [0.717, 1.165) is 25.7 Å². The molecule has 2 unspecified atom stereocenters. The molecule has 0 saturated heterocycles. The van der Waals surface area contributed by atoms with E-state index in [1.807, 2.05) is 0 Å². The van der Waals surface area contributed by atoms with Crippen molar-refractivity contribution in [1.29, 1.82) is 0 Å². The minimum atomic E-state index is -0.824. The third-order valence-electron chi connectivity index (χ3n) is 3.51. The van der Waals surface area contributed by atoms with Crippen molar-refractivity contribution in [3.63, 3.8) is 0 Å². The summed E-state index contributed by atoms with van der Waals surface area (Å²) < 4.78 is 0. The molecule has 0 aromatic carbocycles. The number of aliphatic hydroxyl groups excluding tert-OH is 4. The lowest BCUT2D eigenvalue weighted by Gasteiger charge is -2.43. The third-order valence-corrected chi connectivity index (χ3v) is 3.51. The van der Waals surface area contributed by atoms with Crippen LogP contribution in [0, 0.1) is 11.3 Å². The van der Waals surface area contributed by atoms with Crippen LogP contribution in [0.15, 0.2) is 0 Å². The zero-order chi connectivity index (χ0) is 10.6. The van der Waals surface area contributed by atoms with E-state index in [4.69, 9.17) is 5.11 Å². The predicted molar refractivity (Wildman–Crippen MR) is 51.7 cm³/mol. The van der Waals surface area contributed by atoms with Gasteiger partial charge in [0.05, 0.1) is 25.9 Å². The lowest BCUT2D eigenvalue weighted by Crippen LogP contribution is -2.47. The molecule has 0 spiro atoms. The van der Waals surface area contributed by atoms with Crippen LogP contribution in [0.5, 0.6) is 0 Å². The van der Waals surface area contributed by atoms with Crippen LogP contribution in [0.1, 0.15) is 25.7 Å². The van der Waals surface area contributed by atoms with E-state index in [2.05, 4.69) is 0 Å². The van der Waals surface area contributed by atoms with E-state index < -0.39 is 11.5 Å². The summed E-state index contributed by atoms with van der Waals surface area (Å²) in [5.41, 5.74) is -0.597. The van der Waals surface area contributed by atoms with Crippen molar-refractivity contribution >= 4 is 0 Å². The third kappa shape index (κ3) is 2.08. The standard InChI is InChI=1S/C10H20O4/c11-5-9(14)8-3-1-2-4-10(8,6-12)7-13/h8-9,11-14H,1-7H2. The van der Waals surface area contributed by atoms with Crippen LogP contribution >= 0.6 is 0 Å². The summed E-state index contributed by atoms with van der Waals surface area (Å²) in [6, 6.07) is 0. The van der Waals surface area contributed by atoms with Gasteiger partial charge in [0.2, 0.25) is 0 Å². The summed E-state index contributed by atoms with van der Waals surface area (Å²) in [4.78, 5) is 0. The molecule has 1 aliphatic carbocycles. The van der Waals surface area contributed by atoms with Crippen molar-refractivity contribution < 1.29 is 20.4 Å². The summed E-state index contributed by atoms with van der Waals surface area (Å²) in [6.45, 7) is -0.539. The van der Waals surface area contributed by atoms with Crippen LogP contribution < -0.4 is 0 Å². The zero-order valence-electron chi connectivity index (χ0n) is 8.39. The fourth-order valence-electron chi connectivity index (χ4n) is 2.50. The van der Waals surface area contributed by atoms with Crippen LogP contribution in [0.3, 0.4) is 0 Å². The van der Waals surface area contributed by atoms with Crippen LogP contribution in [0.25, 0.3) is 0 Å². The molecule has 84 valence electrons. The first-order valence-corrected chi connectivity index (χ1v) is 5.21. The molecule has 0 aromatic rings. The molecule has 4 nitrogen and oxygen atoms in total. The maximum Gasteiger partial charge on any atom is 0.0806 e.